The van der Waals surface area contributed by atoms with E-state index in [1.165, 1.54) is 32.4 Å². The molecule has 0 radical (unpaired) electrons. The first-order valence-electron chi connectivity index (χ1n) is 6.51. The van der Waals surface area contributed by atoms with Gasteiger partial charge in [0.05, 0.1) is 6.04 Å². The zero-order chi connectivity index (χ0) is 12.1. The second-order valence-electron chi connectivity index (χ2n) is 4.71. The molecule has 96 valence electrons. The molecule has 0 spiro atoms. The lowest BCUT2D eigenvalue weighted by Crippen LogP contribution is -2.31. The second kappa shape index (κ2) is 6.12. The molecule has 0 amide bonds. The third-order valence-corrected chi connectivity index (χ3v) is 3.39. The van der Waals surface area contributed by atoms with E-state index in [9.17, 15) is 0 Å². The monoisotopic (exact) mass is 238 g/mol. The Morgan fingerprint density at radius 3 is 2.82 bits per heavy atom. The van der Waals surface area contributed by atoms with Gasteiger partial charge in [0.1, 0.15) is 0 Å². The van der Waals surface area contributed by atoms with E-state index in [4.69, 9.17) is 4.52 Å². The summed E-state index contributed by atoms with van der Waals surface area (Å²) in [5.41, 5.74) is 0. The molecule has 1 aromatic rings. The molecule has 1 aliphatic rings. The fourth-order valence-corrected chi connectivity index (χ4v) is 2.11. The smallest absolute Gasteiger partial charge is 0.243 e. The third kappa shape index (κ3) is 3.51. The highest BCUT2D eigenvalue weighted by Crippen LogP contribution is 2.11. The van der Waals surface area contributed by atoms with Crippen LogP contribution in [0.25, 0.3) is 0 Å². The maximum atomic E-state index is 5.22. The highest BCUT2D eigenvalue weighted by atomic mass is 16.5. The molecule has 5 nitrogen and oxygen atoms in total. The topological polar surface area (TPSA) is 54.2 Å². The molecule has 0 bridgehead atoms. The van der Waals surface area contributed by atoms with Crippen molar-refractivity contribution in [1.29, 1.82) is 0 Å². The Bertz CT molecular complexity index is 333. The van der Waals surface area contributed by atoms with Crippen LogP contribution in [0.15, 0.2) is 4.52 Å². The zero-order valence-electron chi connectivity index (χ0n) is 10.8. The fraction of sp³-hybridized carbons (Fsp3) is 0.833. The van der Waals surface area contributed by atoms with Crippen LogP contribution in [0.2, 0.25) is 0 Å². The molecule has 1 N–H and O–H groups in total. The maximum Gasteiger partial charge on any atom is 0.243 e. The van der Waals surface area contributed by atoms with Crippen LogP contribution >= 0.6 is 0 Å². The molecule has 1 atom stereocenters. The van der Waals surface area contributed by atoms with Gasteiger partial charge in [-0.25, -0.2) is 0 Å². The summed E-state index contributed by atoms with van der Waals surface area (Å²) in [4.78, 5) is 6.89. The molecule has 5 heteroatoms. The second-order valence-corrected chi connectivity index (χ2v) is 4.71. The van der Waals surface area contributed by atoms with Crippen LogP contribution in [0.5, 0.6) is 0 Å². The van der Waals surface area contributed by atoms with Crippen molar-refractivity contribution < 1.29 is 4.52 Å². The van der Waals surface area contributed by atoms with Crippen LogP contribution in [-0.2, 0) is 6.42 Å². The van der Waals surface area contributed by atoms with E-state index >= 15 is 0 Å². The molecule has 1 saturated heterocycles. The van der Waals surface area contributed by atoms with Crippen LogP contribution in [-0.4, -0.2) is 41.7 Å². The van der Waals surface area contributed by atoms with E-state index in [-0.39, 0.29) is 6.04 Å². The summed E-state index contributed by atoms with van der Waals surface area (Å²) in [5, 5.41) is 7.11. The summed E-state index contributed by atoms with van der Waals surface area (Å²) < 4.78 is 5.22. The SMILES string of the molecule is CNC(C)c1nc(CCN2CCCCC2)no1. The number of hydrogen-bond donors (Lipinski definition) is 1. The quantitative estimate of drug-likeness (QED) is 0.840. The van der Waals surface area contributed by atoms with Gasteiger partial charge in [0.15, 0.2) is 5.82 Å². The number of rotatable bonds is 5. The normalized spacial score (nSPS) is 19.4. The lowest BCUT2D eigenvalue weighted by molar-refractivity contribution is 0.229. The van der Waals surface area contributed by atoms with Gasteiger partial charge in [-0.3, -0.25) is 0 Å². The van der Waals surface area contributed by atoms with Gasteiger partial charge in [-0.2, -0.15) is 4.98 Å². The van der Waals surface area contributed by atoms with Crippen LogP contribution in [0.1, 0.15) is 43.9 Å². The molecule has 1 aromatic heterocycles. The Hall–Kier alpha value is -0.940. The Morgan fingerprint density at radius 1 is 1.35 bits per heavy atom. The summed E-state index contributed by atoms with van der Waals surface area (Å²) in [6.45, 7) is 5.50. The third-order valence-electron chi connectivity index (χ3n) is 3.39. The summed E-state index contributed by atoms with van der Waals surface area (Å²) in [5.74, 6) is 1.51. The van der Waals surface area contributed by atoms with E-state index in [1.54, 1.807) is 0 Å². The number of piperidine rings is 1. The molecule has 0 aromatic carbocycles. The average molecular weight is 238 g/mol. The van der Waals surface area contributed by atoms with Crippen LogP contribution in [0.4, 0.5) is 0 Å². The molecule has 17 heavy (non-hydrogen) atoms. The molecular weight excluding hydrogens is 216 g/mol. The molecule has 2 heterocycles. The van der Waals surface area contributed by atoms with Crippen molar-refractivity contribution in [3.8, 4) is 0 Å². The summed E-state index contributed by atoms with van der Waals surface area (Å²) in [7, 11) is 1.89. The molecular formula is C12H22N4O. The first-order valence-corrected chi connectivity index (χ1v) is 6.51. The van der Waals surface area contributed by atoms with E-state index in [1.807, 2.05) is 14.0 Å². The van der Waals surface area contributed by atoms with Crippen molar-refractivity contribution in [2.45, 2.75) is 38.6 Å². The predicted molar refractivity (Wildman–Crippen MR) is 65.8 cm³/mol. The highest BCUT2D eigenvalue weighted by Gasteiger charge is 2.14. The van der Waals surface area contributed by atoms with E-state index in [0.29, 0.717) is 5.89 Å². The molecule has 0 saturated carbocycles. The van der Waals surface area contributed by atoms with E-state index in [2.05, 4.69) is 20.4 Å². The lowest BCUT2D eigenvalue weighted by atomic mass is 10.1. The minimum absolute atomic E-state index is 0.131. The standard InChI is InChI=1S/C12H22N4O/c1-10(13-2)12-14-11(15-17-12)6-9-16-7-4-3-5-8-16/h10,13H,3-9H2,1-2H3. The van der Waals surface area contributed by atoms with Crippen LogP contribution < -0.4 is 5.32 Å². The number of nitrogens with one attached hydrogen (secondary N) is 1. The summed E-state index contributed by atoms with van der Waals surface area (Å²) in [6, 6.07) is 0.131. The summed E-state index contributed by atoms with van der Waals surface area (Å²) >= 11 is 0. The Labute approximate surface area is 103 Å². The van der Waals surface area contributed by atoms with Crippen molar-refractivity contribution in [2.75, 3.05) is 26.7 Å². The van der Waals surface area contributed by atoms with Crippen molar-refractivity contribution in [3.05, 3.63) is 11.7 Å². The molecule has 2 rings (SSSR count). The van der Waals surface area contributed by atoms with Gasteiger partial charge in [-0.15, -0.1) is 0 Å². The van der Waals surface area contributed by atoms with Gasteiger partial charge in [-0.1, -0.05) is 11.6 Å². The maximum absolute atomic E-state index is 5.22. The van der Waals surface area contributed by atoms with Gasteiger partial charge in [-0.05, 0) is 39.9 Å². The Kier molecular flexibility index (Phi) is 4.50. The first-order chi connectivity index (χ1) is 8.29. The lowest BCUT2D eigenvalue weighted by Gasteiger charge is -2.25. The minimum atomic E-state index is 0.131. The molecule has 1 fully saturated rings. The summed E-state index contributed by atoms with van der Waals surface area (Å²) in [6.07, 6.45) is 4.92. The molecule has 1 unspecified atom stereocenters. The van der Waals surface area contributed by atoms with Crippen LogP contribution in [0.3, 0.4) is 0 Å². The number of nitrogens with zero attached hydrogens (tertiary/aromatic N) is 3. The minimum Gasteiger partial charge on any atom is -0.338 e. The zero-order valence-corrected chi connectivity index (χ0v) is 10.8. The van der Waals surface area contributed by atoms with Crippen molar-refractivity contribution in [3.63, 3.8) is 0 Å². The largest absolute Gasteiger partial charge is 0.338 e. The Balaban J connectivity index is 1.80. The first kappa shape index (κ1) is 12.5. The number of hydrogen-bond acceptors (Lipinski definition) is 5. The van der Waals surface area contributed by atoms with Gasteiger partial charge in [0.2, 0.25) is 5.89 Å². The van der Waals surface area contributed by atoms with Crippen molar-refractivity contribution in [1.82, 2.24) is 20.4 Å². The molecule has 0 aliphatic carbocycles. The Morgan fingerprint density at radius 2 is 2.12 bits per heavy atom. The van der Waals surface area contributed by atoms with E-state index in [0.717, 1.165) is 18.8 Å². The highest BCUT2D eigenvalue weighted by molar-refractivity contribution is 4.91. The van der Waals surface area contributed by atoms with Gasteiger partial charge in [0.25, 0.3) is 0 Å². The predicted octanol–water partition coefficient (Wildman–Crippen LogP) is 1.38. The van der Waals surface area contributed by atoms with E-state index < -0.39 is 0 Å². The molecule has 1 aliphatic heterocycles. The van der Waals surface area contributed by atoms with Crippen LogP contribution in [0, 0.1) is 0 Å². The number of aromatic nitrogens is 2. The van der Waals surface area contributed by atoms with Crippen molar-refractivity contribution >= 4 is 0 Å². The fourth-order valence-electron chi connectivity index (χ4n) is 2.11. The van der Waals surface area contributed by atoms with Crippen molar-refractivity contribution in [2.24, 2.45) is 0 Å². The van der Waals surface area contributed by atoms with Gasteiger partial charge >= 0.3 is 0 Å². The van der Waals surface area contributed by atoms with Gasteiger partial charge in [0, 0.05) is 13.0 Å². The average Bonchev–Trinajstić information content (AvgIpc) is 2.85. The van der Waals surface area contributed by atoms with Gasteiger partial charge < -0.3 is 14.7 Å². The number of likely N-dealkylation sites (tertiary alicyclic amines) is 1.